The third-order valence-electron chi connectivity index (χ3n) is 6.72. The number of nitrogens with two attached hydrogens (primary N) is 1. The maximum absolute atomic E-state index is 13.7. The van der Waals surface area contributed by atoms with Gasteiger partial charge >= 0.3 is 6.29 Å². The number of hydrogen-bond acceptors (Lipinski definition) is 5. The first-order valence-electron chi connectivity index (χ1n) is 11.4. The molecule has 35 heavy (non-hydrogen) atoms. The highest BCUT2D eigenvalue weighted by atomic mass is 79.9. The molecule has 0 spiro atoms. The second-order valence-corrected chi connectivity index (χ2v) is 10.1. The quantitative estimate of drug-likeness (QED) is 0.426. The van der Waals surface area contributed by atoms with Crippen LogP contribution in [0.2, 0.25) is 0 Å². The fourth-order valence-corrected chi connectivity index (χ4v) is 5.24. The first-order chi connectivity index (χ1) is 16.7. The van der Waals surface area contributed by atoms with Crippen LogP contribution in [0.1, 0.15) is 55.2 Å². The number of fused-ring (bicyclic) bond motifs is 1. The van der Waals surface area contributed by atoms with E-state index in [-0.39, 0.29) is 41.1 Å². The van der Waals surface area contributed by atoms with Crippen LogP contribution >= 0.6 is 15.9 Å². The number of nitrogens with zero attached hydrogens (tertiary/aromatic N) is 3. The minimum absolute atomic E-state index is 0.00493. The lowest BCUT2D eigenvalue weighted by molar-refractivity contribution is -0.286. The number of rotatable bonds is 4. The number of anilines is 1. The third kappa shape index (κ3) is 4.57. The van der Waals surface area contributed by atoms with E-state index in [0.29, 0.717) is 36.1 Å². The molecule has 2 aromatic carbocycles. The van der Waals surface area contributed by atoms with Crippen molar-refractivity contribution in [2.75, 3.05) is 11.4 Å². The van der Waals surface area contributed by atoms with Gasteiger partial charge in [-0.1, -0.05) is 15.9 Å². The first kappa shape index (κ1) is 23.5. The SMILES string of the molecule is CC1CC(C(=O)N=C(N)c2ccc3c(c2C2CC2)OC(F)(F)O3)CCN1c1cc(Br)ccc1C#N. The normalized spacial score (nSPS) is 23.2. The van der Waals surface area contributed by atoms with Gasteiger partial charge in [0.05, 0.1) is 11.3 Å². The molecule has 7 nitrogen and oxygen atoms in total. The molecule has 0 aromatic heterocycles. The maximum Gasteiger partial charge on any atom is 0.586 e. The molecule has 0 radical (unpaired) electrons. The number of amides is 1. The molecule has 5 rings (SSSR count). The average molecular weight is 545 g/mol. The summed E-state index contributed by atoms with van der Waals surface area (Å²) in [6.07, 6.45) is -0.988. The van der Waals surface area contributed by atoms with Gasteiger partial charge in [-0.25, -0.2) is 0 Å². The lowest BCUT2D eigenvalue weighted by atomic mass is 9.90. The van der Waals surface area contributed by atoms with Crippen molar-refractivity contribution in [1.82, 2.24) is 0 Å². The Kier molecular flexibility index (Phi) is 5.91. The van der Waals surface area contributed by atoms with E-state index in [1.54, 1.807) is 12.1 Å². The number of amidine groups is 1. The number of piperidine rings is 1. The predicted molar refractivity (Wildman–Crippen MR) is 129 cm³/mol. The second-order valence-electron chi connectivity index (χ2n) is 9.17. The fourth-order valence-electron chi connectivity index (χ4n) is 4.90. The van der Waals surface area contributed by atoms with Crippen molar-refractivity contribution in [3.05, 3.63) is 51.5 Å². The highest BCUT2D eigenvalue weighted by Crippen LogP contribution is 2.53. The van der Waals surface area contributed by atoms with E-state index in [4.69, 9.17) is 10.5 Å². The Morgan fingerprint density at radius 1 is 1.26 bits per heavy atom. The van der Waals surface area contributed by atoms with Crippen LogP contribution in [0, 0.1) is 17.2 Å². The lowest BCUT2D eigenvalue weighted by Crippen LogP contribution is -2.43. The minimum atomic E-state index is -3.73. The van der Waals surface area contributed by atoms with Crippen molar-refractivity contribution in [1.29, 1.82) is 5.26 Å². The third-order valence-corrected chi connectivity index (χ3v) is 7.21. The highest BCUT2D eigenvalue weighted by Gasteiger charge is 2.47. The van der Waals surface area contributed by atoms with Gasteiger partial charge in [0, 0.05) is 34.1 Å². The Hall–Kier alpha value is -3.19. The maximum atomic E-state index is 13.7. The number of hydrogen-bond donors (Lipinski definition) is 1. The van der Waals surface area contributed by atoms with Crippen LogP contribution in [0.25, 0.3) is 0 Å². The number of carbonyl (C=O) groups is 1. The van der Waals surface area contributed by atoms with Crippen LogP contribution in [0.3, 0.4) is 0 Å². The number of ether oxygens (including phenoxy) is 2. The summed E-state index contributed by atoms with van der Waals surface area (Å²) in [5.74, 6) is -0.722. The molecule has 2 fully saturated rings. The van der Waals surface area contributed by atoms with E-state index in [2.05, 4.69) is 36.6 Å². The van der Waals surface area contributed by atoms with E-state index in [1.807, 2.05) is 19.1 Å². The van der Waals surface area contributed by atoms with Gasteiger partial charge < -0.3 is 20.1 Å². The molecule has 0 bridgehead atoms. The Balaban J connectivity index is 1.35. The Morgan fingerprint density at radius 3 is 2.71 bits per heavy atom. The molecule has 2 aliphatic heterocycles. The molecule has 2 N–H and O–H groups in total. The number of carbonyl (C=O) groups excluding carboxylic acids is 1. The van der Waals surface area contributed by atoms with Gasteiger partial charge in [-0.2, -0.15) is 10.3 Å². The Bertz CT molecular complexity index is 1270. The molecule has 2 atom stereocenters. The summed E-state index contributed by atoms with van der Waals surface area (Å²) in [6, 6.07) is 10.7. The number of aliphatic imine (C=N–C) groups is 1. The summed E-state index contributed by atoms with van der Waals surface area (Å²) in [5, 5.41) is 9.49. The van der Waals surface area contributed by atoms with Crippen molar-refractivity contribution in [2.24, 2.45) is 16.6 Å². The molecule has 1 aliphatic carbocycles. The van der Waals surface area contributed by atoms with Gasteiger partial charge in [0.1, 0.15) is 11.9 Å². The highest BCUT2D eigenvalue weighted by molar-refractivity contribution is 9.10. The molecule has 2 unspecified atom stereocenters. The zero-order chi connectivity index (χ0) is 24.9. The van der Waals surface area contributed by atoms with Gasteiger partial charge in [-0.15, -0.1) is 8.78 Å². The fraction of sp³-hybridized carbons (Fsp3) is 0.400. The van der Waals surface area contributed by atoms with Gasteiger partial charge in [0.2, 0.25) is 0 Å². The lowest BCUT2D eigenvalue weighted by Gasteiger charge is -2.38. The van der Waals surface area contributed by atoms with Crippen LogP contribution in [-0.4, -0.2) is 30.6 Å². The van der Waals surface area contributed by atoms with Crippen LogP contribution in [0.4, 0.5) is 14.5 Å². The van der Waals surface area contributed by atoms with Crippen LogP contribution < -0.4 is 20.1 Å². The van der Waals surface area contributed by atoms with Gasteiger partial charge in [0.25, 0.3) is 5.91 Å². The van der Waals surface area contributed by atoms with Crippen LogP contribution in [0.15, 0.2) is 39.8 Å². The number of nitriles is 1. The molecular formula is C25H23BrF2N4O3. The number of benzene rings is 2. The predicted octanol–water partition coefficient (Wildman–Crippen LogP) is 5.06. The van der Waals surface area contributed by atoms with E-state index in [1.165, 1.54) is 6.07 Å². The summed E-state index contributed by atoms with van der Waals surface area (Å²) in [4.78, 5) is 19.4. The Labute approximate surface area is 209 Å². The summed E-state index contributed by atoms with van der Waals surface area (Å²) < 4.78 is 37.5. The molecule has 2 aromatic rings. The summed E-state index contributed by atoms with van der Waals surface area (Å²) >= 11 is 3.46. The van der Waals surface area contributed by atoms with Crippen molar-refractivity contribution in [3.63, 3.8) is 0 Å². The van der Waals surface area contributed by atoms with Gasteiger partial charge in [-0.3, -0.25) is 4.79 Å². The summed E-state index contributed by atoms with van der Waals surface area (Å²) in [6.45, 7) is 2.60. The van der Waals surface area contributed by atoms with Crippen LogP contribution in [-0.2, 0) is 4.79 Å². The smallest absolute Gasteiger partial charge is 0.395 e. The van der Waals surface area contributed by atoms with Crippen molar-refractivity contribution in [2.45, 2.75) is 50.9 Å². The second kappa shape index (κ2) is 8.79. The summed E-state index contributed by atoms with van der Waals surface area (Å²) in [5.41, 5.74) is 8.59. The van der Waals surface area contributed by atoms with Crippen molar-refractivity contribution in [3.8, 4) is 17.6 Å². The topological polar surface area (TPSA) is 101 Å². The molecule has 1 saturated heterocycles. The molecule has 182 valence electrons. The minimum Gasteiger partial charge on any atom is -0.395 e. The number of alkyl halides is 2. The average Bonchev–Trinajstić information content (AvgIpc) is 3.59. The van der Waals surface area contributed by atoms with Gasteiger partial charge in [0.15, 0.2) is 11.5 Å². The zero-order valence-electron chi connectivity index (χ0n) is 18.9. The first-order valence-corrected chi connectivity index (χ1v) is 12.2. The molecule has 3 aliphatic rings. The zero-order valence-corrected chi connectivity index (χ0v) is 20.5. The van der Waals surface area contributed by atoms with Gasteiger partial charge in [-0.05, 0) is 68.9 Å². The van der Waals surface area contributed by atoms with Crippen molar-refractivity contribution < 1.29 is 23.0 Å². The standard InChI is InChI=1S/C25H23BrF2N4O3/c1-13-10-15(8-9-32(13)19-11-17(26)5-4-16(19)12-29)24(33)31-23(30)18-6-7-20-22(21(18)14-2-3-14)35-25(27,28)34-20/h4-7,11,13-15H,2-3,8-10H2,1H3,(H2,30,31,33). The monoisotopic (exact) mass is 544 g/mol. The summed E-state index contributed by atoms with van der Waals surface area (Å²) in [7, 11) is 0. The van der Waals surface area contributed by atoms with E-state index in [0.717, 1.165) is 23.0 Å². The largest absolute Gasteiger partial charge is 0.586 e. The molecule has 10 heteroatoms. The van der Waals surface area contributed by atoms with Crippen molar-refractivity contribution >= 4 is 33.4 Å². The molecule has 2 heterocycles. The van der Waals surface area contributed by atoms with E-state index in [9.17, 15) is 18.8 Å². The molecule has 1 amide bonds. The van der Waals surface area contributed by atoms with Crippen LogP contribution in [0.5, 0.6) is 11.5 Å². The Morgan fingerprint density at radius 2 is 2.03 bits per heavy atom. The molecule has 1 saturated carbocycles. The van der Waals surface area contributed by atoms with E-state index < -0.39 is 6.29 Å². The molecular weight excluding hydrogens is 522 g/mol. The number of halogens is 3. The van der Waals surface area contributed by atoms with E-state index >= 15 is 0 Å².